The summed E-state index contributed by atoms with van der Waals surface area (Å²) in [6, 6.07) is 12.5. The molecule has 1 aliphatic rings. The fourth-order valence-corrected chi connectivity index (χ4v) is 3.16. The molecule has 0 radical (unpaired) electrons. The molecule has 2 aromatic carbocycles. The van der Waals surface area contributed by atoms with Crippen LogP contribution in [0.4, 0.5) is 10.1 Å². The molecule has 0 aromatic heterocycles. The monoisotopic (exact) mass is 372 g/mol. The molecular formula is C20H25FN4O2. The van der Waals surface area contributed by atoms with E-state index in [1.165, 1.54) is 12.1 Å². The lowest BCUT2D eigenvalue weighted by Crippen LogP contribution is -2.52. The molecule has 2 N–H and O–H groups in total. The van der Waals surface area contributed by atoms with Gasteiger partial charge in [-0.1, -0.05) is 12.1 Å². The second-order valence-electron chi connectivity index (χ2n) is 6.36. The lowest BCUT2D eigenvalue weighted by Gasteiger charge is -2.37. The van der Waals surface area contributed by atoms with E-state index in [1.54, 1.807) is 20.2 Å². The predicted molar refractivity (Wildman–Crippen MR) is 105 cm³/mol. The van der Waals surface area contributed by atoms with Gasteiger partial charge in [-0.3, -0.25) is 4.99 Å². The summed E-state index contributed by atoms with van der Waals surface area (Å²) in [7, 11) is 3.42. The summed E-state index contributed by atoms with van der Waals surface area (Å²) in [5, 5.41) is 12.5. The van der Waals surface area contributed by atoms with Crippen LogP contribution in [0.15, 0.2) is 47.5 Å². The maximum absolute atomic E-state index is 13.5. The average Bonchev–Trinajstić information content (AvgIpc) is 2.71. The van der Waals surface area contributed by atoms with Crippen molar-refractivity contribution in [1.82, 2.24) is 10.2 Å². The first kappa shape index (κ1) is 18.8. The first-order valence-corrected chi connectivity index (χ1v) is 8.92. The molecule has 1 saturated heterocycles. The minimum atomic E-state index is -0.615. The number of rotatable bonds is 4. The van der Waals surface area contributed by atoms with Gasteiger partial charge in [-0.25, -0.2) is 4.39 Å². The van der Waals surface area contributed by atoms with E-state index in [4.69, 9.17) is 4.74 Å². The Labute approximate surface area is 158 Å². The van der Waals surface area contributed by atoms with Gasteiger partial charge in [-0.2, -0.15) is 0 Å². The van der Waals surface area contributed by atoms with Gasteiger partial charge in [-0.15, -0.1) is 0 Å². The molecule has 0 spiro atoms. The Morgan fingerprint density at radius 2 is 1.96 bits per heavy atom. The predicted octanol–water partition coefficient (Wildman–Crippen LogP) is 2.44. The smallest absolute Gasteiger partial charge is 0.194 e. The Bertz CT molecular complexity index is 804. The molecule has 0 atom stereocenters. The highest BCUT2D eigenvalue weighted by atomic mass is 19.1. The molecule has 144 valence electrons. The molecule has 2 aromatic rings. The van der Waals surface area contributed by atoms with E-state index in [0.717, 1.165) is 49.1 Å². The van der Waals surface area contributed by atoms with Gasteiger partial charge in [0.1, 0.15) is 5.75 Å². The Morgan fingerprint density at radius 1 is 1.19 bits per heavy atom. The van der Waals surface area contributed by atoms with Crippen molar-refractivity contribution in [2.45, 2.75) is 6.54 Å². The molecule has 0 bridgehead atoms. The molecule has 0 saturated carbocycles. The number of aliphatic imine (C=N–C) groups is 1. The van der Waals surface area contributed by atoms with Crippen LogP contribution >= 0.6 is 0 Å². The van der Waals surface area contributed by atoms with Crippen molar-refractivity contribution in [2.75, 3.05) is 45.2 Å². The number of hydrogen-bond acceptors (Lipinski definition) is 4. The summed E-state index contributed by atoms with van der Waals surface area (Å²) < 4.78 is 18.8. The third-order valence-corrected chi connectivity index (χ3v) is 4.67. The highest BCUT2D eigenvalue weighted by molar-refractivity contribution is 5.80. The lowest BCUT2D eigenvalue weighted by molar-refractivity contribution is 0.371. The molecule has 1 aliphatic heterocycles. The van der Waals surface area contributed by atoms with Crippen molar-refractivity contribution in [2.24, 2.45) is 4.99 Å². The number of phenols is 1. The van der Waals surface area contributed by atoms with Crippen LogP contribution in [0.2, 0.25) is 0 Å². The Kier molecular flexibility index (Phi) is 6.01. The zero-order valence-corrected chi connectivity index (χ0v) is 15.7. The second kappa shape index (κ2) is 8.62. The third-order valence-electron chi connectivity index (χ3n) is 4.67. The van der Waals surface area contributed by atoms with Crippen LogP contribution in [0, 0.1) is 5.82 Å². The first-order valence-electron chi connectivity index (χ1n) is 8.92. The zero-order chi connectivity index (χ0) is 19.2. The molecule has 0 amide bonds. The van der Waals surface area contributed by atoms with E-state index in [0.29, 0.717) is 6.54 Å². The summed E-state index contributed by atoms with van der Waals surface area (Å²) in [5.74, 6) is 0.690. The second-order valence-corrected chi connectivity index (χ2v) is 6.36. The molecular weight excluding hydrogens is 347 g/mol. The number of benzene rings is 2. The van der Waals surface area contributed by atoms with Gasteiger partial charge in [0.25, 0.3) is 0 Å². The molecule has 3 rings (SSSR count). The lowest BCUT2D eigenvalue weighted by atomic mass is 10.2. The van der Waals surface area contributed by atoms with Crippen LogP contribution in [0.1, 0.15) is 5.56 Å². The van der Waals surface area contributed by atoms with Crippen molar-refractivity contribution in [1.29, 1.82) is 0 Å². The standard InChI is InChI=1S/C20H25FN4O2/c1-22-20(23-14-15-6-7-19(26)18(21)12-15)25-10-8-24(9-11-25)16-4-3-5-17(13-16)27-2/h3-7,12-13,26H,8-11,14H2,1-2H3,(H,22,23). The number of nitrogens with one attached hydrogen (secondary N) is 1. The van der Waals surface area contributed by atoms with Gasteiger partial charge in [0, 0.05) is 51.5 Å². The fourth-order valence-electron chi connectivity index (χ4n) is 3.16. The minimum Gasteiger partial charge on any atom is -0.505 e. The molecule has 0 aliphatic carbocycles. The van der Waals surface area contributed by atoms with Crippen molar-refractivity contribution in [3.05, 3.63) is 53.8 Å². The van der Waals surface area contributed by atoms with Crippen LogP contribution in [-0.2, 0) is 6.54 Å². The topological polar surface area (TPSA) is 60.3 Å². The van der Waals surface area contributed by atoms with E-state index in [1.807, 2.05) is 18.2 Å². The Balaban J connectivity index is 1.56. The number of aromatic hydroxyl groups is 1. The van der Waals surface area contributed by atoms with Crippen LogP contribution < -0.4 is 15.0 Å². The van der Waals surface area contributed by atoms with E-state index in [9.17, 15) is 9.50 Å². The van der Waals surface area contributed by atoms with Gasteiger partial charge >= 0.3 is 0 Å². The molecule has 1 heterocycles. The number of anilines is 1. The fraction of sp³-hybridized carbons (Fsp3) is 0.350. The van der Waals surface area contributed by atoms with E-state index >= 15 is 0 Å². The molecule has 27 heavy (non-hydrogen) atoms. The number of nitrogens with zero attached hydrogens (tertiary/aromatic N) is 3. The Morgan fingerprint density at radius 3 is 2.63 bits per heavy atom. The van der Waals surface area contributed by atoms with Crippen molar-refractivity contribution in [3.63, 3.8) is 0 Å². The normalized spacial score (nSPS) is 15.0. The minimum absolute atomic E-state index is 0.336. The van der Waals surface area contributed by atoms with E-state index < -0.39 is 5.82 Å². The number of ether oxygens (including phenoxy) is 1. The van der Waals surface area contributed by atoms with E-state index in [2.05, 4.69) is 26.2 Å². The van der Waals surface area contributed by atoms with Gasteiger partial charge in [0.2, 0.25) is 0 Å². The van der Waals surface area contributed by atoms with Gasteiger partial charge in [0.15, 0.2) is 17.5 Å². The molecule has 7 heteroatoms. The number of hydrogen-bond donors (Lipinski definition) is 2. The first-order chi connectivity index (χ1) is 13.1. The Hall–Kier alpha value is -2.96. The van der Waals surface area contributed by atoms with Gasteiger partial charge < -0.3 is 25.0 Å². The highest BCUT2D eigenvalue weighted by Crippen LogP contribution is 2.22. The van der Waals surface area contributed by atoms with Crippen LogP contribution in [0.25, 0.3) is 0 Å². The maximum atomic E-state index is 13.5. The summed E-state index contributed by atoms with van der Waals surface area (Å²) in [6.07, 6.45) is 0. The van der Waals surface area contributed by atoms with Crippen LogP contribution in [0.5, 0.6) is 11.5 Å². The quantitative estimate of drug-likeness (QED) is 0.638. The van der Waals surface area contributed by atoms with Crippen molar-refractivity contribution < 1.29 is 14.2 Å². The van der Waals surface area contributed by atoms with Crippen molar-refractivity contribution >= 4 is 11.6 Å². The maximum Gasteiger partial charge on any atom is 0.194 e. The van der Waals surface area contributed by atoms with Crippen molar-refractivity contribution in [3.8, 4) is 11.5 Å². The SMILES string of the molecule is CN=C(NCc1ccc(O)c(F)c1)N1CCN(c2cccc(OC)c2)CC1. The third kappa shape index (κ3) is 4.61. The van der Waals surface area contributed by atoms with Gasteiger partial charge in [0.05, 0.1) is 7.11 Å². The number of phenolic OH excluding ortho intramolecular Hbond substituents is 1. The number of methoxy groups -OCH3 is 1. The van der Waals surface area contributed by atoms with Crippen LogP contribution in [-0.4, -0.2) is 56.3 Å². The van der Waals surface area contributed by atoms with Gasteiger partial charge in [-0.05, 0) is 29.8 Å². The number of piperazine rings is 1. The van der Waals surface area contributed by atoms with E-state index in [-0.39, 0.29) is 5.75 Å². The molecule has 1 fully saturated rings. The summed E-state index contributed by atoms with van der Waals surface area (Å²) >= 11 is 0. The number of halogens is 1. The average molecular weight is 372 g/mol. The number of guanidine groups is 1. The summed E-state index contributed by atoms with van der Waals surface area (Å²) in [6.45, 7) is 3.87. The summed E-state index contributed by atoms with van der Waals surface area (Å²) in [5.41, 5.74) is 1.90. The highest BCUT2D eigenvalue weighted by Gasteiger charge is 2.20. The zero-order valence-electron chi connectivity index (χ0n) is 15.7. The molecule has 6 nitrogen and oxygen atoms in total. The molecule has 0 unspecified atom stereocenters. The largest absolute Gasteiger partial charge is 0.505 e. The van der Waals surface area contributed by atoms with Crippen LogP contribution in [0.3, 0.4) is 0 Å². The summed E-state index contributed by atoms with van der Waals surface area (Å²) in [4.78, 5) is 8.85.